The van der Waals surface area contributed by atoms with E-state index in [1.807, 2.05) is 13.8 Å². The molecule has 0 aromatic rings. The summed E-state index contributed by atoms with van der Waals surface area (Å²) in [5.74, 6) is 0.532. The van der Waals surface area contributed by atoms with Gasteiger partial charge >= 0.3 is 0 Å². The Morgan fingerprint density at radius 1 is 1.57 bits per heavy atom. The maximum Gasteiger partial charge on any atom is 0.155 e. The van der Waals surface area contributed by atoms with Gasteiger partial charge in [-0.15, -0.1) is 0 Å². The maximum absolute atomic E-state index is 11.9. The Balaban J connectivity index is 2.98. The van der Waals surface area contributed by atoms with Crippen molar-refractivity contribution in [2.45, 2.75) is 45.3 Å². The summed E-state index contributed by atoms with van der Waals surface area (Å²) in [6.07, 6.45) is 1.18. The fraction of sp³-hybridized carbons (Fsp3) is 0.727. The van der Waals surface area contributed by atoms with Crippen molar-refractivity contribution in [2.75, 3.05) is 0 Å². The lowest BCUT2D eigenvalue weighted by atomic mass is 9.91. The average Bonchev–Trinajstić information content (AvgIpc) is 1.99. The van der Waals surface area contributed by atoms with Gasteiger partial charge in [-0.05, 0) is 26.2 Å². The normalized spacial score (nSPS) is 33.4. The highest BCUT2D eigenvalue weighted by Gasteiger charge is 2.41. The molecule has 0 aromatic carbocycles. The van der Waals surface area contributed by atoms with Crippen molar-refractivity contribution in [2.24, 2.45) is 5.92 Å². The molecule has 0 saturated heterocycles. The zero-order valence-corrected chi connectivity index (χ0v) is 10.1. The second-order valence-corrected chi connectivity index (χ2v) is 6.42. The predicted octanol–water partition coefficient (Wildman–Crippen LogP) is 2.42. The molecule has 0 N–H and O–H groups in total. The molecule has 1 unspecified atom stereocenters. The smallest absolute Gasteiger partial charge is 0.155 e. The number of ketones is 1. The molecule has 2 atom stereocenters. The SMILES string of the molecule is CC1=CS(=O)[C@@](C)(CC(C)C)C(=O)C1. The van der Waals surface area contributed by atoms with Crippen LogP contribution in [0.5, 0.6) is 0 Å². The van der Waals surface area contributed by atoms with Gasteiger partial charge in [-0.3, -0.25) is 9.00 Å². The molecule has 0 aliphatic carbocycles. The quantitative estimate of drug-likeness (QED) is 0.707. The topological polar surface area (TPSA) is 34.1 Å². The van der Waals surface area contributed by atoms with Gasteiger partial charge in [0.15, 0.2) is 5.78 Å². The summed E-state index contributed by atoms with van der Waals surface area (Å²) < 4.78 is 11.2. The summed E-state index contributed by atoms with van der Waals surface area (Å²) in [7, 11) is -1.14. The molecular weight excluding hydrogens is 196 g/mol. The number of allylic oxidation sites excluding steroid dienone is 1. The summed E-state index contributed by atoms with van der Waals surface area (Å²) in [6.45, 7) is 7.81. The molecule has 1 rings (SSSR count). The molecule has 0 saturated carbocycles. The van der Waals surface area contributed by atoms with Gasteiger partial charge in [-0.25, -0.2) is 0 Å². The van der Waals surface area contributed by atoms with Crippen LogP contribution in [-0.4, -0.2) is 14.7 Å². The van der Waals surface area contributed by atoms with Gasteiger partial charge in [-0.2, -0.15) is 0 Å². The highest BCUT2D eigenvalue weighted by Crippen LogP contribution is 2.32. The largest absolute Gasteiger partial charge is 0.298 e. The molecule has 14 heavy (non-hydrogen) atoms. The minimum absolute atomic E-state index is 0.129. The van der Waals surface area contributed by atoms with Crippen molar-refractivity contribution < 1.29 is 9.00 Å². The summed E-state index contributed by atoms with van der Waals surface area (Å²) in [6, 6.07) is 0. The van der Waals surface area contributed by atoms with Crippen molar-refractivity contribution in [3.63, 3.8) is 0 Å². The fourth-order valence-electron chi connectivity index (χ4n) is 1.88. The fourth-order valence-corrected chi connectivity index (χ4v) is 3.38. The summed E-state index contributed by atoms with van der Waals surface area (Å²) in [5.41, 5.74) is 0.939. The van der Waals surface area contributed by atoms with Crippen molar-refractivity contribution in [1.29, 1.82) is 0 Å². The minimum atomic E-state index is -1.14. The van der Waals surface area contributed by atoms with Crippen molar-refractivity contribution in [3.8, 4) is 0 Å². The highest BCUT2D eigenvalue weighted by atomic mass is 32.2. The first-order valence-corrected chi connectivity index (χ1v) is 6.19. The van der Waals surface area contributed by atoms with Crippen LogP contribution in [0.15, 0.2) is 11.0 Å². The van der Waals surface area contributed by atoms with Crippen LogP contribution in [0, 0.1) is 5.92 Å². The Hall–Kier alpha value is -0.440. The van der Waals surface area contributed by atoms with E-state index < -0.39 is 15.5 Å². The van der Waals surface area contributed by atoms with Crippen LogP contribution >= 0.6 is 0 Å². The van der Waals surface area contributed by atoms with Crippen LogP contribution < -0.4 is 0 Å². The molecule has 0 aromatic heterocycles. The zero-order valence-electron chi connectivity index (χ0n) is 9.29. The summed E-state index contributed by atoms with van der Waals surface area (Å²) in [5, 5.41) is 1.74. The Morgan fingerprint density at radius 3 is 2.57 bits per heavy atom. The van der Waals surface area contributed by atoms with Crippen LogP contribution in [0.2, 0.25) is 0 Å². The van der Waals surface area contributed by atoms with E-state index in [1.54, 1.807) is 5.41 Å². The summed E-state index contributed by atoms with van der Waals surface area (Å²) >= 11 is 0. The zero-order chi connectivity index (χ0) is 10.9. The Labute approximate surface area is 88.2 Å². The third-order valence-corrected chi connectivity index (χ3v) is 4.48. The van der Waals surface area contributed by atoms with Crippen molar-refractivity contribution in [3.05, 3.63) is 11.0 Å². The molecule has 1 aliphatic heterocycles. The van der Waals surface area contributed by atoms with Crippen LogP contribution in [-0.2, 0) is 15.6 Å². The van der Waals surface area contributed by atoms with E-state index in [9.17, 15) is 9.00 Å². The Morgan fingerprint density at radius 2 is 2.14 bits per heavy atom. The molecule has 0 radical (unpaired) electrons. The molecule has 0 fully saturated rings. The monoisotopic (exact) mass is 214 g/mol. The van der Waals surface area contributed by atoms with E-state index in [0.29, 0.717) is 18.8 Å². The van der Waals surface area contributed by atoms with E-state index in [2.05, 4.69) is 13.8 Å². The molecule has 2 nitrogen and oxygen atoms in total. The average molecular weight is 214 g/mol. The number of rotatable bonds is 2. The standard InChI is InChI=1S/C11H18O2S/c1-8(2)6-11(4)10(12)5-9(3)7-14(11)13/h7-8H,5-6H2,1-4H3/t11-,14?/m0/s1. The van der Waals surface area contributed by atoms with Gasteiger partial charge < -0.3 is 0 Å². The highest BCUT2D eigenvalue weighted by molar-refractivity contribution is 7.90. The van der Waals surface area contributed by atoms with Gasteiger partial charge in [0, 0.05) is 11.8 Å². The number of hydrogen-bond donors (Lipinski definition) is 0. The van der Waals surface area contributed by atoms with Crippen LogP contribution in [0.1, 0.15) is 40.5 Å². The molecule has 0 spiro atoms. The molecule has 1 heterocycles. The molecule has 3 heteroatoms. The lowest BCUT2D eigenvalue weighted by Gasteiger charge is -2.31. The first kappa shape index (κ1) is 11.6. The third-order valence-electron chi connectivity index (χ3n) is 2.58. The predicted molar refractivity (Wildman–Crippen MR) is 59.4 cm³/mol. The van der Waals surface area contributed by atoms with E-state index in [0.717, 1.165) is 5.57 Å². The van der Waals surface area contributed by atoms with Crippen molar-refractivity contribution in [1.82, 2.24) is 0 Å². The first-order valence-electron chi connectivity index (χ1n) is 4.97. The maximum atomic E-state index is 11.9. The first-order chi connectivity index (χ1) is 6.36. The molecule has 1 aliphatic rings. The van der Waals surface area contributed by atoms with Crippen LogP contribution in [0.25, 0.3) is 0 Å². The second-order valence-electron chi connectivity index (χ2n) is 4.69. The second kappa shape index (κ2) is 3.97. The van der Waals surface area contributed by atoms with Gasteiger partial charge in [0.25, 0.3) is 0 Å². The Bertz CT molecular complexity index is 304. The van der Waals surface area contributed by atoms with Gasteiger partial charge in [0.1, 0.15) is 4.75 Å². The van der Waals surface area contributed by atoms with Gasteiger partial charge in [0.05, 0.1) is 10.8 Å². The van der Waals surface area contributed by atoms with E-state index in [1.165, 1.54) is 0 Å². The van der Waals surface area contributed by atoms with Crippen LogP contribution in [0.4, 0.5) is 0 Å². The number of hydrogen-bond acceptors (Lipinski definition) is 2. The molecule has 0 amide bonds. The Kier molecular flexibility index (Phi) is 3.30. The number of Topliss-reactive ketones (excluding diaryl/α,β-unsaturated/α-hetero) is 1. The van der Waals surface area contributed by atoms with E-state index >= 15 is 0 Å². The molecule has 0 bridgehead atoms. The molecular formula is C11H18O2S. The van der Waals surface area contributed by atoms with E-state index in [4.69, 9.17) is 0 Å². The lowest BCUT2D eigenvalue weighted by molar-refractivity contribution is -0.120. The van der Waals surface area contributed by atoms with E-state index in [-0.39, 0.29) is 5.78 Å². The molecule has 80 valence electrons. The van der Waals surface area contributed by atoms with Crippen LogP contribution in [0.3, 0.4) is 0 Å². The van der Waals surface area contributed by atoms with Gasteiger partial charge in [-0.1, -0.05) is 19.4 Å². The minimum Gasteiger partial charge on any atom is -0.298 e. The third kappa shape index (κ3) is 2.14. The summed E-state index contributed by atoms with van der Waals surface area (Å²) in [4.78, 5) is 11.8. The van der Waals surface area contributed by atoms with Gasteiger partial charge in [0.2, 0.25) is 0 Å². The van der Waals surface area contributed by atoms with Crippen molar-refractivity contribution >= 4 is 16.6 Å². The number of carbonyl (C=O) groups is 1. The number of carbonyl (C=O) groups excluding carboxylic acids is 1. The lowest BCUT2D eigenvalue weighted by Crippen LogP contribution is -2.42.